The summed E-state index contributed by atoms with van der Waals surface area (Å²) in [6.07, 6.45) is 1.57. The van der Waals surface area contributed by atoms with E-state index >= 15 is 0 Å². The van der Waals surface area contributed by atoms with Crippen molar-refractivity contribution in [2.75, 3.05) is 0 Å². The van der Waals surface area contributed by atoms with E-state index in [9.17, 15) is 9.90 Å². The first kappa shape index (κ1) is 13.5. The van der Waals surface area contributed by atoms with Crippen molar-refractivity contribution in [3.63, 3.8) is 0 Å². The molecule has 0 heterocycles. The molecule has 0 amide bonds. The topological polar surface area (TPSA) is 49.7 Å². The van der Waals surface area contributed by atoms with Gasteiger partial charge in [0.05, 0.1) is 5.69 Å². The summed E-state index contributed by atoms with van der Waals surface area (Å²) < 4.78 is 0.865. The highest BCUT2D eigenvalue weighted by Gasteiger charge is 2.01. The fourth-order valence-electron chi connectivity index (χ4n) is 1.58. The van der Waals surface area contributed by atoms with Crippen LogP contribution in [-0.4, -0.2) is 17.1 Å². The van der Waals surface area contributed by atoms with E-state index in [0.717, 1.165) is 4.47 Å². The number of Topliss-reactive ketones (excluding diaryl/α,β-unsaturated/α-hetero) is 1. The van der Waals surface area contributed by atoms with Crippen LogP contribution in [0, 0.1) is 0 Å². The smallest absolute Gasteiger partial charge is 0.159 e. The van der Waals surface area contributed by atoms with Crippen molar-refractivity contribution in [3.05, 3.63) is 58.1 Å². The minimum Gasteiger partial charge on any atom is -0.507 e. The molecule has 19 heavy (non-hydrogen) atoms. The Morgan fingerprint density at radius 2 is 2.05 bits per heavy atom. The zero-order valence-electron chi connectivity index (χ0n) is 10.3. The lowest BCUT2D eigenvalue weighted by Crippen LogP contribution is -1.90. The molecule has 0 bridgehead atoms. The summed E-state index contributed by atoms with van der Waals surface area (Å²) in [4.78, 5) is 15.5. The molecule has 0 aromatic heterocycles. The van der Waals surface area contributed by atoms with Crippen molar-refractivity contribution in [1.29, 1.82) is 0 Å². The van der Waals surface area contributed by atoms with E-state index in [4.69, 9.17) is 0 Å². The van der Waals surface area contributed by atoms with Crippen molar-refractivity contribution in [3.8, 4) is 5.75 Å². The fraction of sp³-hybridized carbons (Fsp3) is 0.0667. The molecule has 4 heteroatoms. The third kappa shape index (κ3) is 3.51. The van der Waals surface area contributed by atoms with Gasteiger partial charge in [-0.15, -0.1) is 0 Å². The average molecular weight is 318 g/mol. The molecule has 0 unspecified atom stereocenters. The number of aromatic hydroxyl groups is 1. The number of phenols is 1. The fourth-order valence-corrected chi connectivity index (χ4v) is 1.96. The molecule has 2 rings (SSSR count). The zero-order chi connectivity index (χ0) is 13.8. The molecule has 1 N–H and O–H groups in total. The number of benzene rings is 2. The van der Waals surface area contributed by atoms with E-state index in [-0.39, 0.29) is 11.5 Å². The first-order valence-electron chi connectivity index (χ1n) is 5.70. The van der Waals surface area contributed by atoms with Crippen LogP contribution in [0.3, 0.4) is 0 Å². The van der Waals surface area contributed by atoms with Crippen LogP contribution < -0.4 is 0 Å². The second kappa shape index (κ2) is 5.80. The van der Waals surface area contributed by atoms with Crippen LogP contribution in [0.2, 0.25) is 0 Å². The molecule has 0 aliphatic rings. The van der Waals surface area contributed by atoms with Gasteiger partial charge in [-0.3, -0.25) is 9.79 Å². The highest BCUT2D eigenvalue weighted by atomic mass is 79.9. The van der Waals surface area contributed by atoms with E-state index in [1.807, 2.05) is 0 Å². The van der Waals surface area contributed by atoms with E-state index < -0.39 is 0 Å². The summed E-state index contributed by atoms with van der Waals surface area (Å²) in [5, 5.41) is 9.69. The molecule has 2 aromatic carbocycles. The molecular weight excluding hydrogens is 306 g/mol. The Kier molecular flexibility index (Phi) is 4.12. The molecule has 0 saturated carbocycles. The van der Waals surface area contributed by atoms with Crippen molar-refractivity contribution < 1.29 is 9.90 Å². The Morgan fingerprint density at radius 3 is 2.79 bits per heavy atom. The lowest BCUT2D eigenvalue weighted by Gasteiger charge is -2.00. The van der Waals surface area contributed by atoms with Crippen molar-refractivity contribution >= 4 is 33.6 Å². The summed E-state index contributed by atoms with van der Waals surface area (Å²) >= 11 is 3.34. The van der Waals surface area contributed by atoms with Gasteiger partial charge < -0.3 is 5.11 Å². The number of hydrogen-bond donors (Lipinski definition) is 1. The third-order valence-electron chi connectivity index (χ3n) is 2.59. The first-order valence-corrected chi connectivity index (χ1v) is 6.49. The van der Waals surface area contributed by atoms with Gasteiger partial charge in [-0.2, -0.15) is 0 Å². The number of phenolic OH excluding ortho intramolecular Hbond substituents is 1. The Balaban J connectivity index is 2.30. The number of aliphatic imine (C=N–C) groups is 1. The van der Waals surface area contributed by atoms with Crippen LogP contribution in [0.5, 0.6) is 5.75 Å². The second-order valence-electron chi connectivity index (χ2n) is 4.07. The SMILES string of the molecule is CC(=O)c1cccc(N=Cc2cc(Br)ccc2O)c1. The lowest BCUT2D eigenvalue weighted by atomic mass is 10.1. The lowest BCUT2D eigenvalue weighted by molar-refractivity contribution is 0.101. The number of halogens is 1. The molecular formula is C15H12BrNO2. The third-order valence-corrected chi connectivity index (χ3v) is 3.09. The van der Waals surface area contributed by atoms with Crippen LogP contribution >= 0.6 is 15.9 Å². The van der Waals surface area contributed by atoms with Gasteiger partial charge in [-0.05, 0) is 37.3 Å². The maximum Gasteiger partial charge on any atom is 0.159 e. The number of carbonyl (C=O) groups excluding carboxylic acids is 1. The van der Waals surface area contributed by atoms with E-state index in [2.05, 4.69) is 20.9 Å². The summed E-state index contributed by atoms with van der Waals surface area (Å²) in [7, 11) is 0. The predicted octanol–water partition coefficient (Wildman–Crippen LogP) is 4.11. The van der Waals surface area contributed by atoms with Crippen LogP contribution in [0.25, 0.3) is 0 Å². The Bertz CT molecular complexity index is 650. The molecule has 0 aliphatic carbocycles. The standard InChI is InChI=1S/C15H12BrNO2/c1-10(18)11-3-2-4-14(8-11)17-9-12-7-13(16)5-6-15(12)19/h2-9,19H,1H3. The van der Waals surface area contributed by atoms with Gasteiger partial charge in [-0.25, -0.2) is 0 Å². The van der Waals surface area contributed by atoms with Gasteiger partial charge in [0.25, 0.3) is 0 Å². The number of ketones is 1. The maximum atomic E-state index is 11.3. The monoisotopic (exact) mass is 317 g/mol. The van der Waals surface area contributed by atoms with E-state index in [1.165, 1.54) is 6.92 Å². The first-order chi connectivity index (χ1) is 9.06. The van der Waals surface area contributed by atoms with Crippen LogP contribution in [0.15, 0.2) is 51.9 Å². The van der Waals surface area contributed by atoms with Crippen LogP contribution in [0.4, 0.5) is 5.69 Å². The Morgan fingerprint density at radius 1 is 1.26 bits per heavy atom. The van der Waals surface area contributed by atoms with Crippen molar-refractivity contribution in [1.82, 2.24) is 0 Å². The quantitative estimate of drug-likeness (QED) is 0.684. The van der Waals surface area contributed by atoms with Crippen molar-refractivity contribution in [2.45, 2.75) is 6.92 Å². The highest BCUT2D eigenvalue weighted by Crippen LogP contribution is 2.21. The molecule has 96 valence electrons. The molecule has 2 aromatic rings. The summed E-state index contributed by atoms with van der Waals surface area (Å²) in [5.41, 5.74) is 1.91. The largest absolute Gasteiger partial charge is 0.507 e. The maximum absolute atomic E-state index is 11.3. The van der Waals surface area contributed by atoms with Gasteiger partial charge in [0.15, 0.2) is 5.78 Å². The number of carbonyl (C=O) groups is 1. The number of hydrogen-bond acceptors (Lipinski definition) is 3. The molecule has 0 atom stereocenters. The summed E-state index contributed by atoms with van der Waals surface area (Å²) in [6, 6.07) is 12.2. The second-order valence-corrected chi connectivity index (χ2v) is 4.98. The van der Waals surface area contributed by atoms with E-state index in [1.54, 1.807) is 48.7 Å². The van der Waals surface area contributed by atoms with E-state index in [0.29, 0.717) is 16.8 Å². The van der Waals surface area contributed by atoms with Crippen LogP contribution in [-0.2, 0) is 0 Å². The van der Waals surface area contributed by atoms with Gasteiger partial charge in [-0.1, -0.05) is 28.1 Å². The minimum atomic E-state index is 0.00218. The van der Waals surface area contributed by atoms with Gasteiger partial charge in [0.2, 0.25) is 0 Å². The van der Waals surface area contributed by atoms with Crippen molar-refractivity contribution in [2.24, 2.45) is 4.99 Å². The predicted molar refractivity (Wildman–Crippen MR) is 79.5 cm³/mol. The summed E-state index contributed by atoms with van der Waals surface area (Å²) in [6.45, 7) is 1.52. The Labute approximate surface area is 119 Å². The highest BCUT2D eigenvalue weighted by molar-refractivity contribution is 9.10. The van der Waals surface area contributed by atoms with Gasteiger partial charge in [0, 0.05) is 21.8 Å². The molecule has 0 spiro atoms. The molecule has 3 nitrogen and oxygen atoms in total. The normalized spacial score (nSPS) is 10.8. The molecule has 0 radical (unpaired) electrons. The minimum absolute atomic E-state index is 0.00218. The number of nitrogens with zero attached hydrogens (tertiary/aromatic N) is 1. The number of rotatable bonds is 3. The molecule has 0 aliphatic heterocycles. The molecule has 0 saturated heterocycles. The van der Waals surface area contributed by atoms with Gasteiger partial charge in [0.1, 0.15) is 5.75 Å². The summed E-state index contributed by atoms with van der Waals surface area (Å²) in [5.74, 6) is 0.164. The molecule has 0 fully saturated rings. The van der Waals surface area contributed by atoms with Gasteiger partial charge >= 0.3 is 0 Å². The zero-order valence-corrected chi connectivity index (χ0v) is 11.9. The Hall–Kier alpha value is -1.94. The van der Waals surface area contributed by atoms with Crippen LogP contribution in [0.1, 0.15) is 22.8 Å². The average Bonchev–Trinajstić information content (AvgIpc) is 2.40.